The minimum absolute atomic E-state index is 0.702. The summed E-state index contributed by atoms with van der Waals surface area (Å²) in [5.74, 6) is 0.702. The lowest BCUT2D eigenvalue weighted by Gasteiger charge is -2.03. The second-order valence-corrected chi connectivity index (χ2v) is 2.68. The Morgan fingerprint density at radius 3 is 2.83 bits per heavy atom. The lowest BCUT2D eigenvalue weighted by molar-refractivity contribution is 0.859. The maximum Gasteiger partial charge on any atom is 0.157 e. The van der Waals surface area contributed by atoms with Crippen LogP contribution in [-0.2, 0) is 6.42 Å². The fourth-order valence-corrected chi connectivity index (χ4v) is 1.12. The van der Waals surface area contributed by atoms with Crippen LogP contribution >= 0.6 is 0 Å². The van der Waals surface area contributed by atoms with Crippen molar-refractivity contribution in [1.82, 2.24) is 9.97 Å². The van der Waals surface area contributed by atoms with Crippen molar-refractivity contribution in [2.45, 2.75) is 26.7 Å². The average molecular weight is 163 g/mol. The zero-order valence-electron chi connectivity index (χ0n) is 7.54. The van der Waals surface area contributed by atoms with Gasteiger partial charge in [-0.2, -0.15) is 0 Å². The van der Waals surface area contributed by atoms with Gasteiger partial charge in [0.1, 0.15) is 6.33 Å². The third-order valence-corrected chi connectivity index (χ3v) is 1.80. The van der Waals surface area contributed by atoms with Crippen molar-refractivity contribution in [2.75, 3.05) is 0 Å². The zero-order valence-corrected chi connectivity index (χ0v) is 7.54. The topological polar surface area (TPSA) is 38.1 Å². The second kappa shape index (κ2) is 3.95. The summed E-state index contributed by atoms with van der Waals surface area (Å²) in [7, 11) is 0. The largest absolute Gasteiger partial charge is 0.245 e. The highest BCUT2D eigenvalue weighted by molar-refractivity contribution is 5.46. The normalized spacial score (nSPS) is 9.83. The highest BCUT2D eigenvalue weighted by Gasteiger charge is 2.03. The fourth-order valence-electron chi connectivity index (χ4n) is 1.12. The molecule has 12 heavy (non-hydrogen) atoms. The van der Waals surface area contributed by atoms with Crippen LogP contribution in [0.4, 0.5) is 5.82 Å². The first-order valence-corrected chi connectivity index (χ1v) is 4.06. The summed E-state index contributed by atoms with van der Waals surface area (Å²) in [5, 5.41) is 0. The summed E-state index contributed by atoms with van der Waals surface area (Å²) < 4.78 is 0. The molecule has 3 nitrogen and oxygen atoms in total. The van der Waals surface area contributed by atoms with Gasteiger partial charge in [-0.15, -0.1) is 0 Å². The highest BCUT2D eigenvalue weighted by atomic mass is 14.9. The fraction of sp³-hybridized carbons (Fsp3) is 0.444. The predicted octanol–water partition coefficient (Wildman–Crippen LogP) is 2.07. The van der Waals surface area contributed by atoms with E-state index in [1.165, 1.54) is 0 Å². The number of aliphatic imine (C=N–C) groups is 1. The first-order chi connectivity index (χ1) is 5.79. The second-order valence-electron chi connectivity index (χ2n) is 2.68. The van der Waals surface area contributed by atoms with Gasteiger partial charge in [0.05, 0.1) is 0 Å². The van der Waals surface area contributed by atoms with Crippen LogP contribution in [-0.4, -0.2) is 16.7 Å². The van der Waals surface area contributed by atoms with Crippen molar-refractivity contribution < 1.29 is 0 Å². The Kier molecular flexibility index (Phi) is 2.91. The monoisotopic (exact) mass is 163 g/mol. The molecule has 0 aliphatic rings. The molecule has 3 heteroatoms. The van der Waals surface area contributed by atoms with Gasteiger partial charge in [0.2, 0.25) is 0 Å². The van der Waals surface area contributed by atoms with Gasteiger partial charge in [-0.3, -0.25) is 0 Å². The van der Waals surface area contributed by atoms with E-state index in [-0.39, 0.29) is 0 Å². The van der Waals surface area contributed by atoms with Gasteiger partial charge < -0.3 is 0 Å². The van der Waals surface area contributed by atoms with Gasteiger partial charge in [-0.05, 0) is 20.1 Å². The minimum atomic E-state index is 0.702. The Hall–Kier alpha value is -1.25. The van der Waals surface area contributed by atoms with Crippen LogP contribution in [0, 0.1) is 6.92 Å². The van der Waals surface area contributed by atoms with Crippen molar-refractivity contribution in [3.05, 3.63) is 17.6 Å². The molecule has 0 saturated heterocycles. The molecule has 64 valence electrons. The van der Waals surface area contributed by atoms with E-state index >= 15 is 0 Å². The standard InChI is InChI=1S/C9H13N3/c1-4-5-8-7(2)9(10-3)12-6-11-8/h6H,3-5H2,1-2H3. The molecular formula is C9H13N3. The molecule has 0 bridgehead atoms. The van der Waals surface area contributed by atoms with Gasteiger partial charge in [-0.25, -0.2) is 15.0 Å². The molecular weight excluding hydrogens is 150 g/mol. The lowest BCUT2D eigenvalue weighted by atomic mass is 10.1. The summed E-state index contributed by atoms with van der Waals surface area (Å²) in [6, 6.07) is 0. The van der Waals surface area contributed by atoms with E-state index in [4.69, 9.17) is 0 Å². The molecule has 0 N–H and O–H groups in total. The molecule has 0 spiro atoms. The maximum atomic E-state index is 4.18. The van der Waals surface area contributed by atoms with Crippen LogP contribution in [0.2, 0.25) is 0 Å². The van der Waals surface area contributed by atoms with Crippen LogP contribution in [0.3, 0.4) is 0 Å². The molecule has 0 radical (unpaired) electrons. The van der Waals surface area contributed by atoms with Gasteiger partial charge in [-0.1, -0.05) is 13.3 Å². The van der Waals surface area contributed by atoms with Gasteiger partial charge in [0.15, 0.2) is 5.82 Å². The Morgan fingerprint density at radius 1 is 1.50 bits per heavy atom. The van der Waals surface area contributed by atoms with E-state index in [0.29, 0.717) is 5.82 Å². The van der Waals surface area contributed by atoms with Gasteiger partial charge >= 0.3 is 0 Å². The van der Waals surface area contributed by atoms with Crippen LogP contribution in [0.1, 0.15) is 24.6 Å². The van der Waals surface area contributed by atoms with E-state index in [0.717, 1.165) is 24.1 Å². The van der Waals surface area contributed by atoms with Crippen LogP contribution in [0.15, 0.2) is 11.3 Å². The number of rotatable bonds is 3. The number of nitrogens with zero attached hydrogens (tertiary/aromatic N) is 3. The Bertz CT molecular complexity index is 281. The molecule has 0 saturated carbocycles. The zero-order chi connectivity index (χ0) is 8.97. The van der Waals surface area contributed by atoms with Crippen LogP contribution in [0.25, 0.3) is 0 Å². The molecule has 0 atom stereocenters. The lowest BCUT2D eigenvalue weighted by Crippen LogP contribution is -1.95. The SMILES string of the molecule is C=Nc1ncnc(CCC)c1C. The summed E-state index contributed by atoms with van der Waals surface area (Å²) in [6.07, 6.45) is 3.62. The number of hydrogen-bond acceptors (Lipinski definition) is 3. The van der Waals surface area contributed by atoms with E-state index < -0.39 is 0 Å². The predicted molar refractivity (Wildman–Crippen MR) is 50.0 cm³/mol. The highest BCUT2D eigenvalue weighted by Crippen LogP contribution is 2.16. The number of aromatic nitrogens is 2. The molecule has 1 aromatic heterocycles. The average Bonchev–Trinajstić information content (AvgIpc) is 2.09. The van der Waals surface area contributed by atoms with E-state index in [1.54, 1.807) is 6.33 Å². The van der Waals surface area contributed by atoms with Gasteiger partial charge in [0.25, 0.3) is 0 Å². The molecule has 0 fully saturated rings. The minimum Gasteiger partial charge on any atom is -0.245 e. The van der Waals surface area contributed by atoms with E-state index in [9.17, 15) is 0 Å². The Morgan fingerprint density at radius 2 is 2.25 bits per heavy atom. The third-order valence-electron chi connectivity index (χ3n) is 1.80. The molecule has 1 rings (SSSR count). The van der Waals surface area contributed by atoms with Gasteiger partial charge in [0, 0.05) is 11.3 Å². The van der Waals surface area contributed by atoms with Crippen molar-refractivity contribution in [2.24, 2.45) is 4.99 Å². The third kappa shape index (κ3) is 1.67. The molecule has 0 aromatic carbocycles. The Balaban J connectivity index is 3.04. The molecule has 0 aliphatic carbocycles. The van der Waals surface area contributed by atoms with E-state index in [2.05, 4.69) is 28.6 Å². The molecule has 1 heterocycles. The molecule has 1 aromatic rings. The Labute approximate surface area is 72.6 Å². The number of hydrogen-bond donors (Lipinski definition) is 0. The summed E-state index contributed by atoms with van der Waals surface area (Å²) in [5.41, 5.74) is 2.13. The summed E-state index contributed by atoms with van der Waals surface area (Å²) >= 11 is 0. The number of aryl methyl sites for hydroxylation is 1. The van der Waals surface area contributed by atoms with Crippen LogP contribution < -0.4 is 0 Å². The van der Waals surface area contributed by atoms with E-state index in [1.807, 2.05) is 6.92 Å². The van der Waals surface area contributed by atoms with Crippen molar-refractivity contribution in [3.63, 3.8) is 0 Å². The van der Waals surface area contributed by atoms with Crippen molar-refractivity contribution >= 4 is 12.5 Å². The smallest absolute Gasteiger partial charge is 0.157 e. The molecule has 0 amide bonds. The van der Waals surface area contributed by atoms with Crippen molar-refractivity contribution in [3.8, 4) is 0 Å². The van der Waals surface area contributed by atoms with Crippen LogP contribution in [0.5, 0.6) is 0 Å². The van der Waals surface area contributed by atoms with Crippen molar-refractivity contribution in [1.29, 1.82) is 0 Å². The summed E-state index contributed by atoms with van der Waals surface area (Å²) in [6.45, 7) is 7.56. The first kappa shape index (κ1) is 8.84. The quantitative estimate of drug-likeness (QED) is 0.640. The first-order valence-electron chi connectivity index (χ1n) is 4.06. The maximum absolute atomic E-state index is 4.18. The molecule has 0 unspecified atom stereocenters. The summed E-state index contributed by atoms with van der Waals surface area (Å²) in [4.78, 5) is 12.0. The molecule has 0 aliphatic heterocycles.